The standard InChI is InChI=1S/C27H44O2/c1-5-6-7-8-9-20-10-12-23-21-11-13-22-19(3)25(29)16-18(2)27(22,17-28)24(21)14-15-26(20,23)4/h17-18,20-21,23-25,29H,5-16H2,1-4H3/t18?,20?,21-,23-,24+,25?,26+,27-/m0/s1. The number of aliphatic hydroxyl groups excluding tert-OH is 1. The van der Waals surface area contributed by atoms with E-state index in [-0.39, 0.29) is 17.4 Å². The molecule has 3 fully saturated rings. The molecule has 29 heavy (non-hydrogen) atoms. The zero-order valence-electron chi connectivity index (χ0n) is 19.4. The van der Waals surface area contributed by atoms with Crippen molar-refractivity contribution in [3.63, 3.8) is 0 Å². The average Bonchev–Trinajstić information content (AvgIpc) is 3.05. The Kier molecular flexibility index (Phi) is 6.06. The van der Waals surface area contributed by atoms with E-state index >= 15 is 0 Å². The third-order valence-corrected chi connectivity index (χ3v) is 10.5. The Balaban J connectivity index is 1.58. The van der Waals surface area contributed by atoms with Gasteiger partial charge in [-0.05, 0) is 98.9 Å². The van der Waals surface area contributed by atoms with E-state index in [1.165, 1.54) is 76.1 Å². The molecule has 0 aromatic heterocycles. The second-order valence-electron chi connectivity index (χ2n) is 11.4. The van der Waals surface area contributed by atoms with E-state index in [1.807, 2.05) is 0 Å². The van der Waals surface area contributed by atoms with Crippen molar-refractivity contribution in [3.8, 4) is 0 Å². The lowest BCUT2D eigenvalue weighted by Crippen LogP contribution is -2.55. The first-order chi connectivity index (χ1) is 13.9. The first-order valence-electron chi connectivity index (χ1n) is 12.7. The lowest BCUT2D eigenvalue weighted by atomic mass is 9.44. The Labute approximate surface area is 178 Å². The zero-order valence-corrected chi connectivity index (χ0v) is 19.4. The molecule has 0 aromatic rings. The van der Waals surface area contributed by atoms with Crippen molar-refractivity contribution in [1.29, 1.82) is 0 Å². The summed E-state index contributed by atoms with van der Waals surface area (Å²) in [5.74, 6) is 3.22. The van der Waals surface area contributed by atoms with Crippen LogP contribution in [0.4, 0.5) is 0 Å². The molecule has 0 heterocycles. The normalized spacial score (nSPS) is 46.8. The molecule has 4 aliphatic rings. The molecule has 3 saturated carbocycles. The molecule has 3 unspecified atom stereocenters. The number of carbonyl (C=O) groups is 1. The summed E-state index contributed by atoms with van der Waals surface area (Å²) in [6.45, 7) is 9.25. The van der Waals surface area contributed by atoms with Crippen LogP contribution in [0.25, 0.3) is 0 Å². The highest BCUT2D eigenvalue weighted by molar-refractivity contribution is 5.69. The Morgan fingerprint density at radius 3 is 2.62 bits per heavy atom. The Hall–Kier alpha value is -0.630. The van der Waals surface area contributed by atoms with Gasteiger partial charge in [0.1, 0.15) is 6.29 Å². The minimum Gasteiger partial charge on any atom is -0.389 e. The van der Waals surface area contributed by atoms with Crippen molar-refractivity contribution in [1.82, 2.24) is 0 Å². The molecule has 2 heteroatoms. The molecule has 0 spiro atoms. The number of rotatable bonds is 6. The molecular formula is C27H44O2. The van der Waals surface area contributed by atoms with Crippen LogP contribution in [-0.4, -0.2) is 17.5 Å². The van der Waals surface area contributed by atoms with E-state index in [9.17, 15) is 9.90 Å². The van der Waals surface area contributed by atoms with E-state index in [4.69, 9.17) is 0 Å². The molecule has 8 atom stereocenters. The van der Waals surface area contributed by atoms with Crippen molar-refractivity contribution in [2.45, 2.75) is 111 Å². The summed E-state index contributed by atoms with van der Waals surface area (Å²) < 4.78 is 0. The second kappa shape index (κ2) is 8.13. The monoisotopic (exact) mass is 400 g/mol. The summed E-state index contributed by atoms with van der Waals surface area (Å²) in [6, 6.07) is 0. The third-order valence-electron chi connectivity index (χ3n) is 10.5. The lowest BCUT2D eigenvalue weighted by Gasteiger charge is -2.60. The smallest absolute Gasteiger partial charge is 0.130 e. The van der Waals surface area contributed by atoms with Crippen LogP contribution in [0, 0.1) is 40.4 Å². The van der Waals surface area contributed by atoms with Gasteiger partial charge in [-0.2, -0.15) is 0 Å². The number of hydrogen-bond donors (Lipinski definition) is 1. The number of aldehydes is 1. The lowest BCUT2D eigenvalue weighted by molar-refractivity contribution is -0.133. The summed E-state index contributed by atoms with van der Waals surface area (Å²) in [4.78, 5) is 12.8. The van der Waals surface area contributed by atoms with Gasteiger partial charge in [-0.3, -0.25) is 0 Å². The first-order valence-corrected chi connectivity index (χ1v) is 12.7. The maximum absolute atomic E-state index is 12.8. The fourth-order valence-corrected chi connectivity index (χ4v) is 8.82. The molecule has 1 N–H and O–H groups in total. The molecule has 0 aliphatic heterocycles. The van der Waals surface area contributed by atoms with Crippen LogP contribution in [0.15, 0.2) is 11.1 Å². The maximum atomic E-state index is 12.8. The van der Waals surface area contributed by atoms with E-state index in [2.05, 4.69) is 27.7 Å². The summed E-state index contributed by atoms with van der Waals surface area (Å²) in [6.07, 6.45) is 16.4. The Morgan fingerprint density at radius 2 is 1.90 bits per heavy atom. The van der Waals surface area contributed by atoms with E-state index < -0.39 is 0 Å². The number of aliphatic hydroxyl groups is 1. The molecule has 2 nitrogen and oxygen atoms in total. The van der Waals surface area contributed by atoms with Crippen LogP contribution < -0.4 is 0 Å². The summed E-state index contributed by atoms with van der Waals surface area (Å²) in [7, 11) is 0. The number of carbonyl (C=O) groups excluding carboxylic acids is 1. The quantitative estimate of drug-likeness (QED) is 0.305. The molecular weight excluding hydrogens is 356 g/mol. The Bertz CT molecular complexity index is 651. The maximum Gasteiger partial charge on any atom is 0.130 e. The fourth-order valence-electron chi connectivity index (χ4n) is 8.82. The zero-order chi connectivity index (χ0) is 20.8. The summed E-state index contributed by atoms with van der Waals surface area (Å²) >= 11 is 0. The van der Waals surface area contributed by atoms with Crippen molar-refractivity contribution < 1.29 is 9.90 Å². The van der Waals surface area contributed by atoms with Crippen molar-refractivity contribution >= 4 is 6.29 Å². The predicted molar refractivity (Wildman–Crippen MR) is 120 cm³/mol. The van der Waals surface area contributed by atoms with Crippen LogP contribution in [0.5, 0.6) is 0 Å². The Morgan fingerprint density at radius 1 is 1.10 bits per heavy atom. The van der Waals surface area contributed by atoms with Crippen LogP contribution in [0.3, 0.4) is 0 Å². The van der Waals surface area contributed by atoms with Gasteiger partial charge in [0.05, 0.1) is 11.5 Å². The third kappa shape index (κ3) is 3.19. The van der Waals surface area contributed by atoms with Crippen LogP contribution in [0.2, 0.25) is 0 Å². The second-order valence-corrected chi connectivity index (χ2v) is 11.4. The molecule has 4 rings (SSSR count). The van der Waals surface area contributed by atoms with Crippen molar-refractivity contribution in [3.05, 3.63) is 11.1 Å². The molecule has 4 aliphatic carbocycles. The van der Waals surface area contributed by atoms with Gasteiger partial charge in [0.15, 0.2) is 0 Å². The molecule has 0 amide bonds. The highest BCUT2D eigenvalue weighted by Crippen LogP contribution is 2.68. The summed E-state index contributed by atoms with van der Waals surface area (Å²) in [5.41, 5.74) is 2.68. The number of unbranched alkanes of at least 4 members (excludes halogenated alkanes) is 3. The average molecular weight is 401 g/mol. The van der Waals surface area contributed by atoms with Gasteiger partial charge >= 0.3 is 0 Å². The number of fused-ring (bicyclic) bond motifs is 5. The molecule has 164 valence electrons. The largest absolute Gasteiger partial charge is 0.389 e. The summed E-state index contributed by atoms with van der Waals surface area (Å²) in [5, 5.41) is 10.6. The minimum atomic E-state index is -0.336. The van der Waals surface area contributed by atoms with E-state index in [0.29, 0.717) is 17.3 Å². The highest BCUT2D eigenvalue weighted by Gasteiger charge is 2.62. The van der Waals surface area contributed by atoms with Gasteiger partial charge in [0.2, 0.25) is 0 Å². The highest BCUT2D eigenvalue weighted by atomic mass is 16.3. The molecule has 0 saturated heterocycles. The topological polar surface area (TPSA) is 37.3 Å². The predicted octanol–water partition coefficient (Wildman–Crippen LogP) is 6.71. The number of allylic oxidation sites excluding steroid dienone is 1. The van der Waals surface area contributed by atoms with Crippen LogP contribution >= 0.6 is 0 Å². The van der Waals surface area contributed by atoms with E-state index in [1.54, 1.807) is 0 Å². The molecule has 0 bridgehead atoms. The van der Waals surface area contributed by atoms with Gasteiger partial charge in [-0.25, -0.2) is 0 Å². The first kappa shape index (κ1) is 21.6. The van der Waals surface area contributed by atoms with Crippen LogP contribution in [0.1, 0.15) is 105 Å². The van der Waals surface area contributed by atoms with Crippen LogP contribution in [-0.2, 0) is 4.79 Å². The van der Waals surface area contributed by atoms with Gasteiger partial charge in [-0.1, -0.05) is 52.0 Å². The van der Waals surface area contributed by atoms with Gasteiger partial charge in [0.25, 0.3) is 0 Å². The van der Waals surface area contributed by atoms with Gasteiger partial charge in [0, 0.05) is 0 Å². The number of hydrogen-bond acceptors (Lipinski definition) is 2. The molecule has 0 aromatic carbocycles. The fraction of sp³-hybridized carbons (Fsp3) is 0.889. The van der Waals surface area contributed by atoms with Crippen molar-refractivity contribution in [2.75, 3.05) is 0 Å². The van der Waals surface area contributed by atoms with Gasteiger partial charge < -0.3 is 9.90 Å². The SMILES string of the molecule is CCCCCCC1CC[C@H]2[C@@H]3CCC4=C(C)C(O)CC(C)[C@]4(C=O)[C@@H]3CC[C@]12C. The van der Waals surface area contributed by atoms with Gasteiger partial charge in [-0.15, -0.1) is 0 Å². The molecule has 0 radical (unpaired) electrons. The van der Waals surface area contributed by atoms with E-state index in [0.717, 1.165) is 30.3 Å². The van der Waals surface area contributed by atoms with Crippen molar-refractivity contribution in [2.24, 2.45) is 40.4 Å². The minimum absolute atomic E-state index is 0.275.